The number of rotatable bonds is 2. The van der Waals surface area contributed by atoms with Crippen molar-refractivity contribution in [3.05, 3.63) is 11.9 Å². The SMILES string of the molecule is NS(=O)(=O)Oc1cn[nH]c1C(F)(F)F. The maximum atomic E-state index is 12.1. The molecule has 0 spiro atoms. The maximum absolute atomic E-state index is 12.1. The van der Waals surface area contributed by atoms with Gasteiger partial charge in [0.25, 0.3) is 0 Å². The third-order valence-electron chi connectivity index (χ3n) is 1.09. The first-order valence-corrected chi connectivity index (χ1v) is 4.50. The number of nitrogens with two attached hydrogens (primary N) is 1. The van der Waals surface area contributed by atoms with Crippen molar-refractivity contribution in [3.63, 3.8) is 0 Å². The molecule has 0 amide bonds. The first-order chi connectivity index (χ1) is 6.20. The Bertz CT molecular complexity index is 423. The first-order valence-electron chi connectivity index (χ1n) is 3.03. The van der Waals surface area contributed by atoms with Crippen LogP contribution in [-0.2, 0) is 16.5 Å². The Morgan fingerprint density at radius 2 is 2.07 bits per heavy atom. The Hall–Kier alpha value is -1.29. The van der Waals surface area contributed by atoms with Gasteiger partial charge < -0.3 is 4.18 Å². The summed E-state index contributed by atoms with van der Waals surface area (Å²) in [5.74, 6) is -0.986. The lowest BCUT2D eigenvalue weighted by molar-refractivity contribution is -0.141. The molecule has 0 aliphatic carbocycles. The van der Waals surface area contributed by atoms with Crippen LogP contribution >= 0.6 is 0 Å². The van der Waals surface area contributed by atoms with Crippen molar-refractivity contribution >= 4 is 10.3 Å². The van der Waals surface area contributed by atoms with Gasteiger partial charge in [0.1, 0.15) is 0 Å². The number of hydrogen-bond acceptors (Lipinski definition) is 4. The van der Waals surface area contributed by atoms with Crippen LogP contribution in [0.3, 0.4) is 0 Å². The third-order valence-corrected chi connectivity index (χ3v) is 1.51. The summed E-state index contributed by atoms with van der Waals surface area (Å²) in [6.07, 6.45) is -4.22. The summed E-state index contributed by atoms with van der Waals surface area (Å²) in [5, 5.41) is 8.91. The minimum atomic E-state index is -4.78. The van der Waals surface area contributed by atoms with Gasteiger partial charge in [0.05, 0.1) is 6.20 Å². The number of nitrogens with zero attached hydrogens (tertiary/aromatic N) is 1. The normalized spacial score (nSPS) is 12.9. The number of hydrogen-bond donors (Lipinski definition) is 2. The molecule has 0 unspecified atom stereocenters. The highest BCUT2D eigenvalue weighted by Crippen LogP contribution is 2.34. The van der Waals surface area contributed by atoms with Crippen molar-refractivity contribution in [2.24, 2.45) is 5.14 Å². The summed E-state index contributed by atoms with van der Waals surface area (Å²) < 4.78 is 60.7. The highest BCUT2D eigenvalue weighted by atomic mass is 32.2. The highest BCUT2D eigenvalue weighted by molar-refractivity contribution is 7.84. The predicted molar refractivity (Wildman–Crippen MR) is 37.3 cm³/mol. The van der Waals surface area contributed by atoms with Crippen molar-refractivity contribution in [2.45, 2.75) is 6.18 Å². The molecule has 1 aromatic heterocycles. The van der Waals surface area contributed by atoms with Gasteiger partial charge in [0.15, 0.2) is 11.4 Å². The Morgan fingerprint density at radius 1 is 1.50 bits per heavy atom. The second-order valence-electron chi connectivity index (χ2n) is 2.18. The summed E-state index contributed by atoms with van der Waals surface area (Å²) in [6.45, 7) is 0. The number of aromatic amines is 1. The van der Waals surface area contributed by atoms with Crippen LogP contribution in [0.2, 0.25) is 0 Å². The summed E-state index contributed by atoms with van der Waals surface area (Å²) in [6, 6.07) is 0. The number of H-pyrrole nitrogens is 1. The van der Waals surface area contributed by atoms with Gasteiger partial charge in [0, 0.05) is 0 Å². The summed E-state index contributed by atoms with van der Waals surface area (Å²) in [7, 11) is -4.49. The van der Waals surface area contributed by atoms with E-state index in [0.29, 0.717) is 6.20 Å². The fraction of sp³-hybridized carbons (Fsp3) is 0.250. The van der Waals surface area contributed by atoms with E-state index < -0.39 is 27.9 Å². The lowest BCUT2D eigenvalue weighted by atomic mass is 10.4. The van der Waals surface area contributed by atoms with Gasteiger partial charge in [-0.25, -0.2) is 0 Å². The van der Waals surface area contributed by atoms with E-state index in [2.05, 4.69) is 14.4 Å². The van der Waals surface area contributed by atoms with Crippen LogP contribution in [-0.4, -0.2) is 18.6 Å². The van der Waals surface area contributed by atoms with Crippen LogP contribution in [0.25, 0.3) is 0 Å². The van der Waals surface area contributed by atoms with E-state index in [4.69, 9.17) is 0 Å². The standard InChI is InChI=1S/C4H4F3N3O3S/c5-4(6,7)3-2(1-9-10-3)13-14(8,11)12/h1H,(H,9,10)(H2,8,11,12). The molecule has 0 saturated heterocycles. The molecule has 0 atom stereocenters. The molecular weight excluding hydrogens is 227 g/mol. The van der Waals surface area contributed by atoms with Crippen molar-refractivity contribution in [1.82, 2.24) is 10.2 Å². The average Bonchev–Trinajstić information content (AvgIpc) is 2.29. The Balaban J connectivity index is 3.06. The lowest BCUT2D eigenvalue weighted by Gasteiger charge is -2.05. The molecule has 0 aliphatic rings. The van der Waals surface area contributed by atoms with Crippen LogP contribution in [0.5, 0.6) is 5.75 Å². The van der Waals surface area contributed by atoms with Gasteiger partial charge in [-0.05, 0) is 0 Å². The molecule has 0 radical (unpaired) electrons. The molecule has 6 nitrogen and oxygen atoms in total. The summed E-state index contributed by atoms with van der Waals surface area (Å²) in [5.41, 5.74) is -1.41. The van der Waals surface area contributed by atoms with Gasteiger partial charge in [0.2, 0.25) is 0 Å². The molecule has 14 heavy (non-hydrogen) atoms. The first kappa shape index (κ1) is 10.8. The zero-order valence-corrected chi connectivity index (χ0v) is 7.19. The van der Waals surface area contributed by atoms with Crippen molar-refractivity contribution < 1.29 is 25.8 Å². The topological polar surface area (TPSA) is 98.1 Å². The lowest BCUT2D eigenvalue weighted by Crippen LogP contribution is -2.20. The van der Waals surface area contributed by atoms with E-state index in [1.54, 1.807) is 5.10 Å². The zero-order valence-electron chi connectivity index (χ0n) is 6.37. The van der Waals surface area contributed by atoms with Crippen LogP contribution in [0.4, 0.5) is 13.2 Å². The van der Waals surface area contributed by atoms with Crippen LogP contribution in [0.15, 0.2) is 6.20 Å². The fourth-order valence-corrected chi connectivity index (χ4v) is 1.04. The van der Waals surface area contributed by atoms with Gasteiger partial charge in [-0.2, -0.15) is 31.8 Å². The molecule has 0 aromatic carbocycles. The quantitative estimate of drug-likeness (QED) is 0.749. The zero-order chi connectivity index (χ0) is 11.0. The molecular formula is C4H4F3N3O3S. The van der Waals surface area contributed by atoms with Crippen LogP contribution in [0, 0.1) is 0 Å². The Labute approximate surface area is 76.1 Å². The molecule has 3 N–H and O–H groups in total. The molecule has 1 rings (SSSR count). The van der Waals surface area contributed by atoms with Crippen molar-refractivity contribution in [2.75, 3.05) is 0 Å². The third kappa shape index (κ3) is 2.60. The van der Waals surface area contributed by atoms with Gasteiger partial charge in [-0.15, -0.1) is 0 Å². The minimum absolute atomic E-state index is 0.563. The summed E-state index contributed by atoms with van der Waals surface area (Å²) in [4.78, 5) is 0. The molecule has 10 heteroatoms. The maximum Gasteiger partial charge on any atom is 0.436 e. The largest absolute Gasteiger partial charge is 0.436 e. The number of aromatic nitrogens is 2. The second-order valence-corrected chi connectivity index (χ2v) is 3.34. The Kier molecular flexibility index (Phi) is 2.41. The minimum Gasteiger partial charge on any atom is -0.367 e. The number of alkyl halides is 3. The highest BCUT2D eigenvalue weighted by Gasteiger charge is 2.37. The smallest absolute Gasteiger partial charge is 0.367 e. The second kappa shape index (κ2) is 3.13. The summed E-state index contributed by atoms with van der Waals surface area (Å²) >= 11 is 0. The molecule has 0 aliphatic heterocycles. The molecule has 80 valence electrons. The fourth-order valence-electron chi connectivity index (χ4n) is 0.667. The van der Waals surface area contributed by atoms with Crippen molar-refractivity contribution in [1.29, 1.82) is 0 Å². The average molecular weight is 231 g/mol. The van der Waals surface area contributed by atoms with Gasteiger partial charge >= 0.3 is 16.5 Å². The molecule has 0 bridgehead atoms. The van der Waals surface area contributed by atoms with E-state index in [1.807, 2.05) is 0 Å². The monoisotopic (exact) mass is 231 g/mol. The Morgan fingerprint density at radius 3 is 2.50 bits per heavy atom. The van der Waals surface area contributed by atoms with E-state index in [-0.39, 0.29) is 0 Å². The number of nitrogens with one attached hydrogen (secondary N) is 1. The van der Waals surface area contributed by atoms with Crippen LogP contribution in [0.1, 0.15) is 5.69 Å². The number of halogens is 3. The van der Waals surface area contributed by atoms with E-state index in [0.717, 1.165) is 0 Å². The van der Waals surface area contributed by atoms with Crippen molar-refractivity contribution in [3.8, 4) is 5.75 Å². The molecule has 0 fully saturated rings. The molecule has 1 heterocycles. The predicted octanol–water partition coefficient (Wildman–Crippen LogP) is 0.0108. The van der Waals surface area contributed by atoms with Crippen LogP contribution < -0.4 is 9.32 Å². The molecule has 0 saturated carbocycles. The van der Waals surface area contributed by atoms with E-state index in [9.17, 15) is 21.6 Å². The van der Waals surface area contributed by atoms with Gasteiger partial charge in [-0.3, -0.25) is 5.10 Å². The van der Waals surface area contributed by atoms with E-state index >= 15 is 0 Å². The van der Waals surface area contributed by atoms with E-state index in [1.165, 1.54) is 0 Å². The molecule has 1 aromatic rings. The van der Waals surface area contributed by atoms with Gasteiger partial charge in [-0.1, -0.05) is 0 Å².